The summed E-state index contributed by atoms with van der Waals surface area (Å²) >= 11 is 0. The van der Waals surface area contributed by atoms with Crippen LogP contribution in [0, 0.1) is 5.82 Å². The number of amides is 1. The van der Waals surface area contributed by atoms with E-state index in [0.29, 0.717) is 44.1 Å². The van der Waals surface area contributed by atoms with Gasteiger partial charge in [0.1, 0.15) is 11.4 Å². The summed E-state index contributed by atoms with van der Waals surface area (Å²) < 4.78 is 21.9. The Labute approximate surface area is 202 Å². The Morgan fingerprint density at radius 3 is 2.43 bits per heavy atom. The van der Waals surface area contributed by atoms with Crippen LogP contribution in [0.1, 0.15) is 29.8 Å². The fourth-order valence-corrected chi connectivity index (χ4v) is 4.12. The highest BCUT2D eigenvalue weighted by atomic mass is 19.1. The van der Waals surface area contributed by atoms with Crippen LogP contribution in [0.25, 0.3) is 17.1 Å². The number of fused-ring (bicyclic) bond motifs is 1. The lowest BCUT2D eigenvalue weighted by atomic mass is 10.1. The standard InChI is InChI=1S/C26H27FN4O4/c1-4-29-16-21(23(33)10-7-18-5-8-19(35-3)9-6-18)24(34)20-15-22(27)26(28-25(20)29)31-13-11-30(12-14-31)17(2)32/h5-10,15-16H,4,11-14H2,1-3H3. The van der Waals surface area contributed by atoms with Gasteiger partial charge in [0.05, 0.1) is 18.1 Å². The molecule has 3 heterocycles. The van der Waals surface area contributed by atoms with Gasteiger partial charge >= 0.3 is 0 Å². The van der Waals surface area contributed by atoms with Gasteiger partial charge < -0.3 is 19.1 Å². The van der Waals surface area contributed by atoms with E-state index in [-0.39, 0.29) is 22.7 Å². The molecule has 182 valence electrons. The molecule has 0 atom stereocenters. The van der Waals surface area contributed by atoms with Crippen molar-refractivity contribution in [1.29, 1.82) is 0 Å². The number of halogens is 1. The largest absolute Gasteiger partial charge is 0.497 e. The third-order valence-electron chi connectivity index (χ3n) is 6.16. The number of pyridine rings is 2. The molecule has 0 radical (unpaired) electrons. The lowest BCUT2D eigenvalue weighted by Gasteiger charge is -2.35. The predicted octanol–water partition coefficient (Wildman–Crippen LogP) is 3.13. The molecule has 0 spiro atoms. The van der Waals surface area contributed by atoms with Crippen molar-refractivity contribution in [2.45, 2.75) is 20.4 Å². The number of ketones is 1. The van der Waals surface area contributed by atoms with Crippen molar-refractivity contribution in [1.82, 2.24) is 14.5 Å². The van der Waals surface area contributed by atoms with E-state index < -0.39 is 17.0 Å². The molecule has 1 aromatic carbocycles. The molecular formula is C26H27FN4O4. The number of hydrogen-bond acceptors (Lipinski definition) is 6. The van der Waals surface area contributed by atoms with E-state index in [4.69, 9.17) is 4.74 Å². The predicted molar refractivity (Wildman–Crippen MR) is 132 cm³/mol. The molecule has 1 amide bonds. The summed E-state index contributed by atoms with van der Waals surface area (Å²) in [5.74, 6) is -0.287. The van der Waals surface area contributed by atoms with Crippen molar-refractivity contribution >= 4 is 34.6 Å². The lowest BCUT2D eigenvalue weighted by molar-refractivity contribution is -0.129. The molecule has 1 aliphatic rings. The van der Waals surface area contributed by atoms with E-state index in [1.807, 2.05) is 6.92 Å². The normalized spacial score (nSPS) is 14.1. The van der Waals surface area contributed by atoms with Gasteiger partial charge in [-0.2, -0.15) is 0 Å². The first-order chi connectivity index (χ1) is 16.8. The summed E-state index contributed by atoms with van der Waals surface area (Å²) in [6.45, 7) is 5.65. The summed E-state index contributed by atoms with van der Waals surface area (Å²) in [5.41, 5.74) is 0.484. The maximum atomic E-state index is 15.1. The molecule has 2 aromatic heterocycles. The van der Waals surface area contributed by atoms with Crippen molar-refractivity contribution in [2.75, 3.05) is 38.2 Å². The van der Waals surface area contributed by atoms with E-state index in [1.54, 1.807) is 51.8 Å². The molecule has 3 aromatic rings. The van der Waals surface area contributed by atoms with Crippen LogP contribution in [0.4, 0.5) is 10.2 Å². The van der Waals surface area contributed by atoms with Crippen LogP contribution in [0.2, 0.25) is 0 Å². The molecule has 1 fully saturated rings. The smallest absolute Gasteiger partial charge is 0.219 e. The minimum absolute atomic E-state index is 0.0188. The second-order valence-corrected chi connectivity index (χ2v) is 8.29. The topological polar surface area (TPSA) is 84.7 Å². The molecule has 4 rings (SSSR count). The molecule has 9 heteroatoms. The van der Waals surface area contributed by atoms with Crippen LogP contribution in [-0.2, 0) is 11.3 Å². The van der Waals surface area contributed by atoms with Crippen LogP contribution in [-0.4, -0.2) is 59.4 Å². The molecule has 35 heavy (non-hydrogen) atoms. The minimum atomic E-state index is -0.632. The van der Waals surface area contributed by atoms with Gasteiger partial charge in [0.25, 0.3) is 0 Å². The summed E-state index contributed by atoms with van der Waals surface area (Å²) in [6.07, 6.45) is 4.43. The number of nitrogens with zero attached hydrogens (tertiary/aromatic N) is 4. The van der Waals surface area contributed by atoms with Gasteiger partial charge in [0, 0.05) is 45.8 Å². The Morgan fingerprint density at radius 2 is 1.83 bits per heavy atom. The number of anilines is 1. The molecule has 0 N–H and O–H groups in total. The Kier molecular flexibility index (Phi) is 6.95. The Bertz CT molecular complexity index is 1360. The van der Waals surface area contributed by atoms with E-state index in [0.717, 1.165) is 11.6 Å². The zero-order valence-corrected chi connectivity index (χ0v) is 20.0. The Morgan fingerprint density at radius 1 is 1.14 bits per heavy atom. The first-order valence-electron chi connectivity index (χ1n) is 11.4. The SMILES string of the molecule is CCn1cc(C(=O)C=Cc2ccc(OC)cc2)c(=O)c2cc(F)c(N3CCN(C(C)=O)CC3)nc21. The van der Waals surface area contributed by atoms with E-state index in [2.05, 4.69) is 4.98 Å². The van der Waals surface area contributed by atoms with Gasteiger partial charge in [-0.05, 0) is 36.8 Å². The number of carbonyl (C=O) groups is 2. The first-order valence-corrected chi connectivity index (χ1v) is 11.4. The summed E-state index contributed by atoms with van der Waals surface area (Å²) in [4.78, 5) is 45.6. The molecule has 1 aliphatic heterocycles. The molecular weight excluding hydrogens is 451 g/mol. The molecule has 8 nitrogen and oxygen atoms in total. The maximum absolute atomic E-state index is 15.1. The average molecular weight is 479 g/mol. The van der Waals surface area contributed by atoms with Crippen molar-refractivity contribution < 1.29 is 18.7 Å². The van der Waals surface area contributed by atoms with E-state index in [1.165, 1.54) is 19.2 Å². The van der Waals surface area contributed by atoms with Gasteiger partial charge in [-0.3, -0.25) is 14.4 Å². The van der Waals surface area contributed by atoms with Crippen LogP contribution in [0.5, 0.6) is 5.75 Å². The number of aromatic nitrogens is 2. The lowest BCUT2D eigenvalue weighted by Crippen LogP contribution is -2.48. The second-order valence-electron chi connectivity index (χ2n) is 8.29. The van der Waals surface area contributed by atoms with E-state index in [9.17, 15) is 14.4 Å². The molecule has 1 saturated heterocycles. The average Bonchev–Trinajstić information content (AvgIpc) is 2.88. The van der Waals surface area contributed by atoms with Gasteiger partial charge in [-0.15, -0.1) is 0 Å². The number of ether oxygens (including phenoxy) is 1. The van der Waals surface area contributed by atoms with Gasteiger partial charge in [0.2, 0.25) is 11.3 Å². The van der Waals surface area contributed by atoms with Crippen LogP contribution >= 0.6 is 0 Å². The molecule has 0 aliphatic carbocycles. The molecule has 0 saturated carbocycles. The summed E-state index contributed by atoms with van der Waals surface area (Å²) in [6, 6.07) is 8.30. The molecule has 0 bridgehead atoms. The number of allylic oxidation sites excluding steroid dienone is 1. The second kappa shape index (κ2) is 10.1. The minimum Gasteiger partial charge on any atom is -0.497 e. The number of piperazine rings is 1. The first kappa shape index (κ1) is 24.1. The molecule has 0 unspecified atom stereocenters. The highest BCUT2D eigenvalue weighted by Gasteiger charge is 2.24. The highest BCUT2D eigenvalue weighted by Crippen LogP contribution is 2.23. The van der Waals surface area contributed by atoms with Gasteiger partial charge in [-0.1, -0.05) is 18.2 Å². The Hall–Kier alpha value is -4.01. The highest BCUT2D eigenvalue weighted by molar-refractivity contribution is 6.08. The van der Waals surface area contributed by atoms with E-state index >= 15 is 4.39 Å². The quantitative estimate of drug-likeness (QED) is 0.400. The zero-order valence-electron chi connectivity index (χ0n) is 20.0. The van der Waals surface area contributed by atoms with Crippen molar-refractivity contribution in [3.05, 3.63) is 69.8 Å². The third kappa shape index (κ3) is 4.94. The van der Waals surface area contributed by atoms with Crippen molar-refractivity contribution in [3.63, 3.8) is 0 Å². The zero-order chi connectivity index (χ0) is 25.1. The number of rotatable bonds is 6. The van der Waals surface area contributed by atoms with Crippen molar-refractivity contribution in [2.24, 2.45) is 0 Å². The van der Waals surface area contributed by atoms with Crippen molar-refractivity contribution in [3.8, 4) is 5.75 Å². The van der Waals surface area contributed by atoms with Crippen LogP contribution in [0.3, 0.4) is 0 Å². The summed E-state index contributed by atoms with van der Waals surface area (Å²) in [5, 5.41) is 0.0548. The number of aryl methyl sites for hydroxylation is 1. The van der Waals surface area contributed by atoms with Crippen LogP contribution in [0.15, 0.2) is 47.4 Å². The Balaban J connectivity index is 1.67. The van der Waals surface area contributed by atoms with Crippen LogP contribution < -0.4 is 15.1 Å². The number of methoxy groups -OCH3 is 1. The summed E-state index contributed by atoms with van der Waals surface area (Å²) in [7, 11) is 1.57. The monoisotopic (exact) mass is 478 g/mol. The number of benzene rings is 1. The van der Waals surface area contributed by atoms with Gasteiger partial charge in [0.15, 0.2) is 17.4 Å². The fourth-order valence-electron chi connectivity index (χ4n) is 4.12. The van der Waals surface area contributed by atoms with Gasteiger partial charge in [-0.25, -0.2) is 9.37 Å². The number of carbonyl (C=O) groups excluding carboxylic acids is 2. The fraction of sp³-hybridized carbons (Fsp3) is 0.308. The maximum Gasteiger partial charge on any atom is 0.219 e. The number of hydrogen-bond donors (Lipinski definition) is 0. The third-order valence-corrected chi connectivity index (χ3v) is 6.16.